The van der Waals surface area contributed by atoms with Gasteiger partial charge in [0, 0.05) is 36.3 Å². The number of nitrogens with zero attached hydrogens (tertiary/aromatic N) is 2. The quantitative estimate of drug-likeness (QED) is 0.697. The first-order valence-corrected chi connectivity index (χ1v) is 8.95. The van der Waals surface area contributed by atoms with Gasteiger partial charge in [-0.1, -0.05) is 12.1 Å². The highest BCUT2D eigenvalue weighted by atomic mass is 16.4. The van der Waals surface area contributed by atoms with Crippen LogP contribution in [0, 0.1) is 0 Å². The molecule has 8 heteroatoms. The Morgan fingerprint density at radius 2 is 2.07 bits per heavy atom. The number of hydrazine groups is 1. The molecule has 5 rings (SSSR count). The molecule has 1 aromatic carbocycles. The Bertz CT molecular complexity index is 926. The predicted molar refractivity (Wildman–Crippen MR) is 96.8 cm³/mol. The van der Waals surface area contributed by atoms with E-state index in [9.17, 15) is 14.7 Å². The molecule has 27 heavy (non-hydrogen) atoms. The molecular weight excluding hydrogens is 348 g/mol. The highest BCUT2D eigenvalue weighted by Gasteiger charge is 2.58. The molecule has 1 unspecified atom stereocenters. The second-order valence-corrected chi connectivity index (χ2v) is 7.52. The van der Waals surface area contributed by atoms with Gasteiger partial charge in [-0.05, 0) is 31.2 Å². The Kier molecular flexibility index (Phi) is 3.38. The first-order chi connectivity index (χ1) is 13.0. The lowest BCUT2D eigenvalue weighted by atomic mass is 9.87. The Morgan fingerprint density at radius 3 is 2.70 bits per heavy atom. The summed E-state index contributed by atoms with van der Waals surface area (Å²) in [6.07, 6.45) is 4.10. The van der Waals surface area contributed by atoms with Gasteiger partial charge < -0.3 is 19.8 Å². The van der Waals surface area contributed by atoms with Crippen LogP contribution in [0.15, 0.2) is 41.2 Å². The molecule has 2 aromatic rings. The van der Waals surface area contributed by atoms with Gasteiger partial charge in [0.1, 0.15) is 0 Å². The van der Waals surface area contributed by atoms with Gasteiger partial charge in [-0.25, -0.2) is 10.2 Å². The lowest BCUT2D eigenvalue weighted by molar-refractivity contribution is -0.156. The number of amides is 1. The smallest absolute Gasteiger partial charge is 0.340 e. The second kappa shape index (κ2) is 5.58. The lowest BCUT2D eigenvalue weighted by Gasteiger charge is -2.36. The fraction of sp³-hybridized carbons (Fsp3) is 0.368. The summed E-state index contributed by atoms with van der Waals surface area (Å²) in [6, 6.07) is 7.55. The SMILES string of the molecule is CN1C[C@@H]2C[C@H]1CN2C(=O)C1(C(=O)O)NNc2cc(-c3ccoc3)ccc21. The van der Waals surface area contributed by atoms with E-state index in [0.29, 0.717) is 23.8 Å². The van der Waals surface area contributed by atoms with Crippen molar-refractivity contribution in [3.8, 4) is 11.1 Å². The van der Waals surface area contributed by atoms with Gasteiger partial charge in [-0.15, -0.1) is 0 Å². The standard InChI is InChI=1S/C19H20N4O4/c1-22-8-14-7-13(22)9-23(14)17(24)19(18(25)26)15-3-2-11(6-16(15)20-21-19)12-4-5-27-10-12/h2-6,10,13-14,20-21H,7-9H2,1H3,(H,25,26)/t13-,14-,19?/m0/s1. The molecule has 4 heterocycles. The number of hydrogen-bond donors (Lipinski definition) is 3. The minimum absolute atomic E-state index is 0.0692. The molecule has 8 nitrogen and oxygen atoms in total. The van der Waals surface area contributed by atoms with Crippen molar-refractivity contribution in [2.75, 3.05) is 25.6 Å². The monoisotopic (exact) mass is 368 g/mol. The van der Waals surface area contributed by atoms with Crippen LogP contribution in [0.25, 0.3) is 11.1 Å². The van der Waals surface area contributed by atoms with Crippen molar-refractivity contribution in [2.24, 2.45) is 0 Å². The summed E-state index contributed by atoms with van der Waals surface area (Å²) in [5, 5.41) is 10.0. The van der Waals surface area contributed by atoms with Crippen LogP contribution < -0.4 is 10.9 Å². The number of anilines is 1. The Morgan fingerprint density at radius 1 is 1.22 bits per heavy atom. The van der Waals surface area contributed by atoms with Crippen molar-refractivity contribution in [3.05, 3.63) is 42.4 Å². The highest BCUT2D eigenvalue weighted by molar-refractivity contribution is 6.10. The summed E-state index contributed by atoms with van der Waals surface area (Å²) in [5.74, 6) is -1.61. The number of benzene rings is 1. The van der Waals surface area contributed by atoms with E-state index in [-0.39, 0.29) is 6.04 Å². The topological polar surface area (TPSA) is 98.1 Å². The molecule has 1 aromatic heterocycles. The molecule has 3 atom stereocenters. The van der Waals surface area contributed by atoms with Crippen LogP contribution in [0.4, 0.5) is 5.69 Å². The van der Waals surface area contributed by atoms with Crippen LogP contribution in [0.5, 0.6) is 0 Å². The van der Waals surface area contributed by atoms with Crippen LogP contribution in [-0.2, 0) is 15.1 Å². The van der Waals surface area contributed by atoms with Crippen molar-refractivity contribution >= 4 is 17.6 Å². The minimum Gasteiger partial charge on any atom is -0.479 e. The Labute approximate surface area is 155 Å². The summed E-state index contributed by atoms with van der Waals surface area (Å²) in [5.41, 5.74) is 6.67. The molecule has 140 valence electrons. The van der Waals surface area contributed by atoms with E-state index in [0.717, 1.165) is 24.1 Å². The summed E-state index contributed by atoms with van der Waals surface area (Å²) < 4.78 is 5.12. The Hall–Kier alpha value is -2.84. The number of furan rings is 1. The summed E-state index contributed by atoms with van der Waals surface area (Å²) in [6.45, 7) is 1.35. The third-order valence-corrected chi connectivity index (χ3v) is 6.08. The number of aliphatic carboxylic acids is 1. The number of carbonyl (C=O) groups is 2. The normalized spacial score (nSPS) is 29.0. The van der Waals surface area contributed by atoms with E-state index in [1.54, 1.807) is 23.5 Å². The van der Waals surface area contributed by atoms with Gasteiger partial charge >= 0.3 is 5.97 Å². The van der Waals surface area contributed by atoms with Crippen molar-refractivity contribution in [1.29, 1.82) is 0 Å². The van der Waals surface area contributed by atoms with Gasteiger partial charge in [0.25, 0.3) is 5.91 Å². The van der Waals surface area contributed by atoms with E-state index in [1.807, 2.05) is 25.2 Å². The maximum atomic E-state index is 13.4. The number of piperazine rings is 1. The summed E-state index contributed by atoms with van der Waals surface area (Å²) in [7, 11) is 2.04. The fourth-order valence-electron chi connectivity index (χ4n) is 4.57. The van der Waals surface area contributed by atoms with Gasteiger partial charge in [0.05, 0.1) is 18.2 Å². The van der Waals surface area contributed by atoms with Crippen LogP contribution in [0.3, 0.4) is 0 Å². The summed E-state index contributed by atoms with van der Waals surface area (Å²) in [4.78, 5) is 29.6. The van der Waals surface area contributed by atoms with E-state index >= 15 is 0 Å². The number of rotatable bonds is 3. The van der Waals surface area contributed by atoms with Gasteiger partial charge in [0.15, 0.2) is 0 Å². The number of likely N-dealkylation sites (tertiary alicyclic amines) is 2. The minimum atomic E-state index is -1.81. The molecule has 0 radical (unpaired) electrons. The average molecular weight is 368 g/mol. The fourth-order valence-corrected chi connectivity index (χ4v) is 4.57. The third kappa shape index (κ3) is 2.17. The number of likely N-dealkylation sites (N-methyl/N-ethyl adjacent to an activating group) is 1. The maximum Gasteiger partial charge on any atom is 0.340 e. The zero-order chi connectivity index (χ0) is 18.8. The highest BCUT2D eigenvalue weighted by Crippen LogP contribution is 2.40. The number of nitrogens with one attached hydrogen (secondary N) is 2. The van der Waals surface area contributed by atoms with Crippen LogP contribution >= 0.6 is 0 Å². The number of carboxylic acids is 1. The Balaban J connectivity index is 1.53. The molecule has 3 aliphatic rings. The molecule has 0 saturated carbocycles. The first kappa shape index (κ1) is 16.3. The second-order valence-electron chi connectivity index (χ2n) is 7.52. The van der Waals surface area contributed by atoms with E-state index in [2.05, 4.69) is 15.8 Å². The van der Waals surface area contributed by atoms with Gasteiger partial charge in [0.2, 0.25) is 5.54 Å². The molecule has 1 amide bonds. The number of hydrogen-bond acceptors (Lipinski definition) is 6. The molecule has 2 saturated heterocycles. The van der Waals surface area contributed by atoms with Crippen molar-refractivity contribution in [2.45, 2.75) is 24.0 Å². The predicted octanol–water partition coefficient (Wildman–Crippen LogP) is 1.07. The third-order valence-electron chi connectivity index (χ3n) is 6.08. The molecular formula is C19H20N4O4. The van der Waals surface area contributed by atoms with Crippen LogP contribution in [-0.4, -0.2) is 59.0 Å². The van der Waals surface area contributed by atoms with Crippen LogP contribution in [0.2, 0.25) is 0 Å². The molecule has 2 bridgehead atoms. The van der Waals surface area contributed by atoms with Gasteiger partial charge in [-0.3, -0.25) is 9.69 Å². The zero-order valence-corrected chi connectivity index (χ0v) is 14.8. The molecule has 3 aliphatic heterocycles. The maximum absolute atomic E-state index is 13.4. The first-order valence-electron chi connectivity index (χ1n) is 8.95. The lowest BCUT2D eigenvalue weighted by Crippen LogP contribution is -2.61. The average Bonchev–Trinajstić information content (AvgIpc) is 3.42. The largest absolute Gasteiger partial charge is 0.479 e. The van der Waals surface area contributed by atoms with E-state index in [4.69, 9.17) is 4.42 Å². The summed E-state index contributed by atoms with van der Waals surface area (Å²) >= 11 is 0. The zero-order valence-electron chi connectivity index (χ0n) is 14.8. The van der Waals surface area contributed by atoms with Crippen molar-refractivity contribution in [1.82, 2.24) is 15.2 Å². The molecule has 3 N–H and O–H groups in total. The molecule has 0 aliphatic carbocycles. The number of carbonyl (C=O) groups excluding carboxylic acids is 1. The van der Waals surface area contributed by atoms with E-state index in [1.165, 1.54) is 0 Å². The van der Waals surface area contributed by atoms with Crippen molar-refractivity contribution < 1.29 is 19.1 Å². The number of carboxylic acid groups (broad SMARTS) is 1. The van der Waals surface area contributed by atoms with E-state index < -0.39 is 17.4 Å². The van der Waals surface area contributed by atoms with Gasteiger partial charge in [-0.2, -0.15) is 0 Å². The number of fused-ring (bicyclic) bond motifs is 3. The molecule has 0 spiro atoms. The molecule has 2 fully saturated rings. The van der Waals surface area contributed by atoms with Crippen LogP contribution in [0.1, 0.15) is 12.0 Å². The van der Waals surface area contributed by atoms with Crippen molar-refractivity contribution in [3.63, 3.8) is 0 Å².